The molecular weight excluding hydrogens is 264 g/mol. The van der Waals surface area contributed by atoms with Crippen LogP contribution in [0.3, 0.4) is 0 Å². The number of hydrogen-bond donors (Lipinski definition) is 2. The fourth-order valence-electron chi connectivity index (χ4n) is 2.15. The van der Waals surface area contributed by atoms with E-state index in [9.17, 15) is 5.11 Å². The molecule has 0 bridgehead atoms. The van der Waals surface area contributed by atoms with E-state index in [0.29, 0.717) is 12.2 Å². The van der Waals surface area contributed by atoms with Crippen molar-refractivity contribution >= 4 is 5.69 Å². The molecule has 0 radical (unpaired) electrons. The summed E-state index contributed by atoms with van der Waals surface area (Å²) < 4.78 is 5.08. The van der Waals surface area contributed by atoms with Gasteiger partial charge in [-0.2, -0.15) is 5.26 Å². The lowest BCUT2D eigenvalue weighted by atomic mass is 10.1. The van der Waals surface area contributed by atoms with Gasteiger partial charge in [0.2, 0.25) is 0 Å². The Kier molecular flexibility index (Phi) is 4.68. The van der Waals surface area contributed by atoms with Gasteiger partial charge in [0.25, 0.3) is 0 Å². The van der Waals surface area contributed by atoms with Gasteiger partial charge in [0.1, 0.15) is 11.5 Å². The van der Waals surface area contributed by atoms with Crippen molar-refractivity contribution in [2.45, 2.75) is 19.4 Å². The van der Waals surface area contributed by atoms with Gasteiger partial charge in [0, 0.05) is 17.3 Å². The molecule has 1 atom stereocenters. The number of nitrogens with one attached hydrogen (secondary N) is 1. The van der Waals surface area contributed by atoms with E-state index in [4.69, 9.17) is 10.00 Å². The first-order valence-electron chi connectivity index (χ1n) is 6.73. The molecule has 4 nitrogen and oxygen atoms in total. The SMILES string of the molecule is COc1ccc(C(C)Nc2ccc(CC#N)cc2)c(O)c1. The van der Waals surface area contributed by atoms with Gasteiger partial charge >= 0.3 is 0 Å². The minimum Gasteiger partial charge on any atom is -0.507 e. The van der Waals surface area contributed by atoms with Crippen molar-refractivity contribution in [3.8, 4) is 17.6 Å². The first-order chi connectivity index (χ1) is 10.1. The van der Waals surface area contributed by atoms with E-state index in [1.54, 1.807) is 13.2 Å². The zero-order chi connectivity index (χ0) is 15.2. The van der Waals surface area contributed by atoms with Crippen molar-refractivity contribution in [3.63, 3.8) is 0 Å². The monoisotopic (exact) mass is 282 g/mol. The molecule has 0 amide bonds. The molecule has 0 fully saturated rings. The highest BCUT2D eigenvalue weighted by atomic mass is 16.5. The van der Waals surface area contributed by atoms with Crippen molar-refractivity contribution in [1.29, 1.82) is 5.26 Å². The zero-order valence-electron chi connectivity index (χ0n) is 12.1. The molecule has 0 aliphatic heterocycles. The summed E-state index contributed by atoms with van der Waals surface area (Å²) in [6.07, 6.45) is 0.412. The molecule has 0 aromatic heterocycles. The fourth-order valence-corrected chi connectivity index (χ4v) is 2.15. The van der Waals surface area contributed by atoms with Crippen molar-refractivity contribution < 1.29 is 9.84 Å². The molecule has 0 spiro atoms. The van der Waals surface area contributed by atoms with Crippen LogP contribution in [0.1, 0.15) is 24.1 Å². The summed E-state index contributed by atoms with van der Waals surface area (Å²) in [4.78, 5) is 0. The van der Waals surface area contributed by atoms with E-state index in [-0.39, 0.29) is 11.8 Å². The standard InChI is InChI=1S/C17H18N2O2/c1-12(16-8-7-15(21-2)11-17(16)20)19-14-5-3-13(4-6-14)9-10-18/h3-8,11-12,19-20H,9H2,1-2H3. The van der Waals surface area contributed by atoms with E-state index < -0.39 is 0 Å². The summed E-state index contributed by atoms with van der Waals surface area (Å²) in [7, 11) is 1.57. The number of phenolic OH excluding ortho intramolecular Hbond substituents is 1. The number of aromatic hydroxyl groups is 1. The summed E-state index contributed by atoms with van der Waals surface area (Å²) in [5.74, 6) is 0.833. The second-order valence-corrected chi connectivity index (χ2v) is 4.82. The molecule has 0 heterocycles. The molecule has 108 valence electrons. The molecule has 0 aliphatic carbocycles. The number of methoxy groups -OCH3 is 1. The topological polar surface area (TPSA) is 65.3 Å². The average molecular weight is 282 g/mol. The summed E-state index contributed by atoms with van der Waals surface area (Å²) in [5, 5.41) is 22.0. The number of nitrogens with zero attached hydrogens (tertiary/aromatic N) is 1. The van der Waals surface area contributed by atoms with Crippen LogP contribution in [-0.2, 0) is 6.42 Å². The van der Waals surface area contributed by atoms with E-state index in [0.717, 1.165) is 16.8 Å². The second kappa shape index (κ2) is 6.67. The van der Waals surface area contributed by atoms with Crippen LogP contribution in [0.4, 0.5) is 5.69 Å². The van der Waals surface area contributed by atoms with Gasteiger partial charge in [-0.1, -0.05) is 12.1 Å². The molecule has 2 aromatic carbocycles. The molecule has 0 saturated carbocycles. The van der Waals surface area contributed by atoms with E-state index >= 15 is 0 Å². The Balaban J connectivity index is 2.10. The largest absolute Gasteiger partial charge is 0.507 e. The van der Waals surface area contributed by atoms with Gasteiger partial charge in [-0.3, -0.25) is 0 Å². The zero-order valence-corrected chi connectivity index (χ0v) is 12.1. The summed E-state index contributed by atoms with van der Waals surface area (Å²) in [5.41, 5.74) is 2.74. The molecule has 2 aromatic rings. The van der Waals surface area contributed by atoms with Crippen LogP contribution in [-0.4, -0.2) is 12.2 Å². The lowest BCUT2D eigenvalue weighted by molar-refractivity contribution is 0.406. The third kappa shape index (κ3) is 3.67. The smallest absolute Gasteiger partial charge is 0.124 e. The number of rotatable bonds is 5. The lowest BCUT2D eigenvalue weighted by Gasteiger charge is -2.17. The van der Waals surface area contributed by atoms with Crippen LogP contribution in [0.2, 0.25) is 0 Å². The van der Waals surface area contributed by atoms with Crippen molar-refractivity contribution in [3.05, 3.63) is 53.6 Å². The Hall–Kier alpha value is -2.67. The Bertz CT molecular complexity index is 645. The van der Waals surface area contributed by atoms with Crippen molar-refractivity contribution in [1.82, 2.24) is 0 Å². The molecule has 2 N–H and O–H groups in total. The molecular formula is C17H18N2O2. The van der Waals surface area contributed by atoms with Crippen LogP contribution in [0, 0.1) is 11.3 Å². The molecule has 4 heteroatoms. The van der Waals surface area contributed by atoms with Gasteiger partial charge in [-0.15, -0.1) is 0 Å². The van der Waals surface area contributed by atoms with Crippen molar-refractivity contribution in [2.75, 3.05) is 12.4 Å². The maximum atomic E-state index is 10.0. The summed E-state index contributed by atoms with van der Waals surface area (Å²) in [6, 6.07) is 15.1. The highest BCUT2D eigenvalue weighted by molar-refractivity contribution is 5.49. The maximum Gasteiger partial charge on any atom is 0.124 e. The highest BCUT2D eigenvalue weighted by Gasteiger charge is 2.11. The number of nitriles is 1. The van der Waals surface area contributed by atoms with Gasteiger partial charge < -0.3 is 15.2 Å². The minimum atomic E-state index is -0.0438. The van der Waals surface area contributed by atoms with Gasteiger partial charge in [-0.25, -0.2) is 0 Å². The van der Waals surface area contributed by atoms with Crippen LogP contribution >= 0.6 is 0 Å². The third-order valence-corrected chi connectivity index (χ3v) is 3.32. The first kappa shape index (κ1) is 14.7. The Morgan fingerprint density at radius 1 is 1.24 bits per heavy atom. The Labute approximate surface area is 124 Å². The fraction of sp³-hybridized carbons (Fsp3) is 0.235. The van der Waals surface area contributed by atoms with Gasteiger partial charge in [0.05, 0.1) is 25.6 Å². The number of hydrogen-bond acceptors (Lipinski definition) is 4. The van der Waals surface area contributed by atoms with Crippen LogP contribution in [0.5, 0.6) is 11.5 Å². The molecule has 2 rings (SSSR count). The summed E-state index contributed by atoms with van der Waals surface area (Å²) in [6.45, 7) is 1.98. The lowest BCUT2D eigenvalue weighted by Crippen LogP contribution is -2.07. The Morgan fingerprint density at radius 2 is 1.95 bits per heavy atom. The molecule has 1 unspecified atom stereocenters. The van der Waals surface area contributed by atoms with Crippen LogP contribution < -0.4 is 10.1 Å². The number of phenols is 1. The van der Waals surface area contributed by atoms with Gasteiger partial charge in [0.15, 0.2) is 0 Å². The normalized spacial score (nSPS) is 11.5. The van der Waals surface area contributed by atoms with Crippen LogP contribution in [0.25, 0.3) is 0 Å². The van der Waals surface area contributed by atoms with E-state index in [1.165, 1.54) is 0 Å². The predicted molar refractivity (Wildman–Crippen MR) is 82.5 cm³/mol. The maximum absolute atomic E-state index is 10.0. The van der Waals surface area contributed by atoms with E-state index in [1.807, 2.05) is 43.3 Å². The predicted octanol–water partition coefficient (Wildman–Crippen LogP) is 3.64. The first-order valence-corrected chi connectivity index (χ1v) is 6.73. The summed E-state index contributed by atoms with van der Waals surface area (Å²) >= 11 is 0. The minimum absolute atomic E-state index is 0.0438. The van der Waals surface area contributed by atoms with Crippen LogP contribution in [0.15, 0.2) is 42.5 Å². The van der Waals surface area contributed by atoms with Gasteiger partial charge in [-0.05, 0) is 36.8 Å². The second-order valence-electron chi connectivity index (χ2n) is 4.82. The number of anilines is 1. The number of benzene rings is 2. The third-order valence-electron chi connectivity index (χ3n) is 3.32. The quantitative estimate of drug-likeness (QED) is 0.878. The molecule has 21 heavy (non-hydrogen) atoms. The number of ether oxygens (including phenoxy) is 1. The average Bonchev–Trinajstić information content (AvgIpc) is 2.49. The molecule has 0 saturated heterocycles. The van der Waals surface area contributed by atoms with Crippen molar-refractivity contribution in [2.24, 2.45) is 0 Å². The van der Waals surface area contributed by atoms with E-state index in [2.05, 4.69) is 11.4 Å². The molecule has 0 aliphatic rings. The Morgan fingerprint density at radius 3 is 2.52 bits per heavy atom. The highest BCUT2D eigenvalue weighted by Crippen LogP contribution is 2.30.